The Morgan fingerprint density at radius 3 is 2.65 bits per heavy atom. The maximum Gasteiger partial charge on any atom is 0.0701 e. The Labute approximate surface area is 131 Å². The zero-order valence-electron chi connectivity index (χ0n) is 13.1. The van der Waals surface area contributed by atoms with Crippen LogP contribution < -0.4 is 5.32 Å². The number of halogens is 1. The number of aryl methyl sites for hydroxylation is 1. The van der Waals surface area contributed by atoms with Crippen LogP contribution in [0.2, 0.25) is 0 Å². The summed E-state index contributed by atoms with van der Waals surface area (Å²) in [5.41, 5.74) is 1.69. The highest BCUT2D eigenvalue weighted by Gasteiger charge is 2.38. The van der Waals surface area contributed by atoms with Gasteiger partial charge < -0.3 is 5.32 Å². The van der Waals surface area contributed by atoms with Crippen molar-refractivity contribution in [1.82, 2.24) is 15.1 Å². The third-order valence-corrected chi connectivity index (χ3v) is 5.31. The highest BCUT2D eigenvalue weighted by molar-refractivity contribution is 9.10. The molecule has 20 heavy (non-hydrogen) atoms. The van der Waals surface area contributed by atoms with Crippen LogP contribution in [0.5, 0.6) is 0 Å². The second kappa shape index (κ2) is 7.08. The van der Waals surface area contributed by atoms with Crippen LogP contribution in [0, 0.1) is 5.41 Å². The largest absolute Gasteiger partial charge is 0.308 e. The molecule has 1 N–H and O–H groups in total. The molecule has 1 heterocycles. The Kier molecular flexibility index (Phi) is 5.67. The Bertz CT molecular complexity index is 421. The van der Waals surface area contributed by atoms with E-state index in [2.05, 4.69) is 51.8 Å². The number of hydrogen-bond donors (Lipinski definition) is 1. The molecule has 114 valence electrons. The molecule has 0 bridgehead atoms. The second-order valence-electron chi connectivity index (χ2n) is 6.30. The predicted octanol–water partition coefficient (Wildman–Crippen LogP) is 4.68. The molecule has 1 aromatic heterocycles. The van der Waals surface area contributed by atoms with E-state index in [0.717, 1.165) is 17.6 Å². The highest BCUT2D eigenvalue weighted by atomic mass is 79.9. The van der Waals surface area contributed by atoms with Crippen molar-refractivity contribution < 1.29 is 0 Å². The van der Waals surface area contributed by atoms with Gasteiger partial charge in [0.05, 0.1) is 22.4 Å². The Balaban J connectivity index is 2.33. The van der Waals surface area contributed by atoms with Gasteiger partial charge in [-0.3, -0.25) is 4.68 Å². The van der Waals surface area contributed by atoms with Crippen LogP contribution in [-0.4, -0.2) is 16.3 Å². The van der Waals surface area contributed by atoms with Crippen LogP contribution in [0.4, 0.5) is 0 Å². The smallest absolute Gasteiger partial charge is 0.0701 e. The molecule has 2 rings (SSSR count). The number of aromatic nitrogens is 2. The van der Waals surface area contributed by atoms with Crippen molar-refractivity contribution in [3.8, 4) is 0 Å². The third kappa shape index (κ3) is 3.28. The molecule has 1 aromatic rings. The van der Waals surface area contributed by atoms with Crippen molar-refractivity contribution in [2.75, 3.05) is 6.54 Å². The van der Waals surface area contributed by atoms with Crippen molar-refractivity contribution in [3.63, 3.8) is 0 Å². The first-order chi connectivity index (χ1) is 9.62. The molecule has 1 aliphatic carbocycles. The third-order valence-electron chi connectivity index (χ3n) is 4.70. The average molecular weight is 342 g/mol. The van der Waals surface area contributed by atoms with Crippen molar-refractivity contribution in [2.24, 2.45) is 5.41 Å². The molecule has 0 saturated heterocycles. The summed E-state index contributed by atoms with van der Waals surface area (Å²) in [7, 11) is 0. The van der Waals surface area contributed by atoms with E-state index >= 15 is 0 Å². The first-order valence-corrected chi connectivity index (χ1v) is 8.86. The van der Waals surface area contributed by atoms with Crippen LogP contribution in [-0.2, 0) is 6.54 Å². The van der Waals surface area contributed by atoms with E-state index in [1.54, 1.807) is 0 Å². The van der Waals surface area contributed by atoms with Gasteiger partial charge in [0, 0.05) is 6.54 Å². The van der Waals surface area contributed by atoms with Gasteiger partial charge >= 0.3 is 0 Å². The Morgan fingerprint density at radius 1 is 1.35 bits per heavy atom. The van der Waals surface area contributed by atoms with Crippen LogP contribution >= 0.6 is 15.9 Å². The fourth-order valence-electron chi connectivity index (χ4n) is 3.52. The van der Waals surface area contributed by atoms with Crippen LogP contribution in [0.25, 0.3) is 0 Å². The van der Waals surface area contributed by atoms with Gasteiger partial charge in [-0.1, -0.05) is 33.1 Å². The number of rotatable bonds is 6. The molecule has 0 radical (unpaired) electrons. The van der Waals surface area contributed by atoms with E-state index in [1.165, 1.54) is 44.2 Å². The van der Waals surface area contributed by atoms with Crippen molar-refractivity contribution in [3.05, 3.63) is 16.4 Å². The van der Waals surface area contributed by atoms with E-state index in [9.17, 15) is 0 Å². The fourth-order valence-corrected chi connectivity index (χ4v) is 4.05. The molecule has 0 amide bonds. The summed E-state index contributed by atoms with van der Waals surface area (Å²) in [5, 5.41) is 8.33. The summed E-state index contributed by atoms with van der Waals surface area (Å²) in [6.07, 6.45) is 9.86. The molecule has 1 atom stereocenters. The summed E-state index contributed by atoms with van der Waals surface area (Å²) in [4.78, 5) is 0. The fraction of sp³-hybridized carbons (Fsp3) is 0.812. The summed E-state index contributed by atoms with van der Waals surface area (Å²) in [6.45, 7) is 8.87. The Morgan fingerprint density at radius 2 is 2.05 bits per heavy atom. The predicted molar refractivity (Wildman–Crippen MR) is 87.8 cm³/mol. The molecule has 1 saturated carbocycles. The van der Waals surface area contributed by atoms with Crippen molar-refractivity contribution >= 4 is 15.9 Å². The zero-order chi connectivity index (χ0) is 14.6. The quantitative estimate of drug-likeness (QED) is 0.814. The van der Waals surface area contributed by atoms with E-state index in [-0.39, 0.29) is 0 Å². The summed E-state index contributed by atoms with van der Waals surface area (Å²) < 4.78 is 3.30. The topological polar surface area (TPSA) is 29.9 Å². The molecule has 1 aliphatic rings. The van der Waals surface area contributed by atoms with Gasteiger partial charge in [0.1, 0.15) is 0 Å². The zero-order valence-corrected chi connectivity index (χ0v) is 14.7. The number of nitrogens with one attached hydrogen (secondary N) is 1. The van der Waals surface area contributed by atoms with Gasteiger partial charge in [0.15, 0.2) is 0 Å². The Hall–Kier alpha value is -0.350. The highest BCUT2D eigenvalue weighted by Crippen LogP contribution is 2.47. The van der Waals surface area contributed by atoms with Gasteiger partial charge in [-0.25, -0.2) is 0 Å². The lowest BCUT2D eigenvalue weighted by molar-refractivity contribution is 0.138. The summed E-state index contributed by atoms with van der Waals surface area (Å²) in [6, 6.07) is 0.402. The van der Waals surface area contributed by atoms with Gasteiger partial charge in [-0.15, -0.1) is 0 Å². The molecule has 0 spiro atoms. The van der Waals surface area contributed by atoms with Crippen LogP contribution in [0.3, 0.4) is 0 Å². The monoisotopic (exact) mass is 341 g/mol. The van der Waals surface area contributed by atoms with Gasteiger partial charge in [-0.05, 0) is 54.1 Å². The first kappa shape index (κ1) is 16.0. The SMILES string of the molecule is CCCNC(c1c(Br)cnn1CC)C1(C)CCCCC1. The molecule has 4 heteroatoms. The van der Waals surface area contributed by atoms with E-state index in [1.807, 2.05) is 6.20 Å². The summed E-state index contributed by atoms with van der Waals surface area (Å²) in [5.74, 6) is 0. The maximum absolute atomic E-state index is 4.52. The van der Waals surface area contributed by atoms with Crippen molar-refractivity contribution in [2.45, 2.75) is 71.9 Å². The molecule has 0 aromatic carbocycles. The van der Waals surface area contributed by atoms with Gasteiger partial charge in [0.25, 0.3) is 0 Å². The lowest BCUT2D eigenvalue weighted by Gasteiger charge is -2.41. The van der Waals surface area contributed by atoms with Crippen LogP contribution in [0.15, 0.2) is 10.7 Å². The first-order valence-electron chi connectivity index (χ1n) is 8.07. The van der Waals surface area contributed by atoms with E-state index in [0.29, 0.717) is 11.5 Å². The lowest BCUT2D eigenvalue weighted by atomic mass is 9.69. The maximum atomic E-state index is 4.52. The lowest BCUT2D eigenvalue weighted by Crippen LogP contribution is -2.39. The number of hydrogen-bond acceptors (Lipinski definition) is 2. The molecular weight excluding hydrogens is 314 g/mol. The minimum absolute atomic E-state index is 0.350. The molecule has 1 fully saturated rings. The van der Waals surface area contributed by atoms with E-state index in [4.69, 9.17) is 0 Å². The minimum Gasteiger partial charge on any atom is -0.308 e. The van der Waals surface area contributed by atoms with E-state index < -0.39 is 0 Å². The normalized spacial score (nSPS) is 20.0. The standard InChI is InChI=1S/C16H28BrN3/c1-4-11-18-15(16(3)9-7-6-8-10-16)14-13(17)12-19-20(14)5-2/h12,15,18H,4-11H2,1-3H3. The second-order valence-corrected chi connectivity index (χ2v) is 7.15. The minimum atomic E-state index is 0.350. The molecule has 0 aliphatic heterocycles. The summed E-state index contributed by atoms with van der Waals surface area (Å²) >= 11 is 3.72. The average Bonchev–Trinajstić information content (AvgIpc) is 2.81. The number of nitrogens with zero attached hydrogens (tertiary/aromatic N) is 2. The molecule has 1 unspecified atom stereocenters. The molecule has 3 nitrogen and oxygen atoms in total. The van der Waals surface area contributed by atoms with Gasteiger partial charge in [0.2, 0.25) is 0 Å². The molecular formula is C16H28BrN3. The van der Waals surface area contributed by atoms with Crippen LogP contribution in [0.1, 0.15) is 71.0 Å². The van der Waals surface area contributed by atoms with Crippen molar-refractivity contribution in [1.29, 1.82) is 0 Å². The van der Waals surface area contributed by atoms with Gasteiger partial charge in [-0.2, -0.15) is 5.10 Å².